The molecule has 0 aromatic heterocycles. The summed E-state index contributed by atoms with van der Waals surface area (Å²) in [5.41, 5.74) is -0.102. The molecular formula is C17H20F3NO8. The first-order valence-electron chi connectivity index (χ1n) is 8.25. The number of benzene rings is 1. The summed E-state index contributed by atoms with van der Waals surface area (Å²) in [5.74, 6) is -2.51. The van der Waals surface area contributed by atoms with Gasteiger partial charge in [0, 0.05) is 21.3 Å². The molecule has 2 unspecified atom stereocenters. The lowest BCUT2D eigenvalue weighted by Gasteiger charge is -2.27. The smallest absolute Gasteiger partial charge is 0.406 e. The van der Waals surface area contributed by atoms with E-state index < -0.39 is 42.9 Å². The molecule has 1 amide bonds. The highest BCUT2D eigenvalue weighted by atomic mass is 19.4. The van der Waals surface area contributed by atoms with E-state index in [9.17, 15) is 22.8 Å². The summed E-state index contributed by atoms with van der Waals surface area (Å²) < 4.78 is 66.6. The van der Waals surface area contributed by atoms with E-state index in [1.165, 1.54) is 34.3 Å². The van der Waals surface area contributed by atoms with Crippen molar-refractivity contribution in [2.45, 2.75) is 32.3 Å². The standard InChI is InChI=1S/C17H20F3NO8/c1-9(28-16(25-3)26-4)27-13(24-2)8-21-12-6-5-10(29-17(18,19)20)7-11(12)14(22)15(21)23/h5-7,9,13,16H,8H2,1-4H3. The molecule has 0 radical (unpaired) electrons. The van der Waals surface area contributed by atoms with Crippen LogP contribution in [0.1, 0.15) is 17.3 Å². The first-order valence-corrected chi connectivity index (χ1v) is 8.25. The number of anilines is 1. The molecule has 1 heterocycles. The third-order valence-electron chi connectivity index (χ3n) is 3.80. The number of hydrogen-bond acceptors (Lipinski definition) is 8. The van der Waals surface area contributed by atoms with Crippen molar-refractivity contribution in [3.63, 3.8) is 0 Å². The summed E-state index contributed by atoms with van der Waals surface area (Å²) in [6.45, 7) is 0.319. The highest BCUT2D eigenvalue weighted by Gasteiger charge is 2.39. The zero-order chi connectivity index (χ0) is 21.8. The Morgan fingerprint density at radius 2 is 1.69 bits per heavy atom. The van der Waals surface area contributed by atoms with Crippen molar-refractivity contribution in [2.24, 2.45) is 0 Å². The number of ether oxygens (including phenoxy) is 6. The second-order valence-corrected chi connectivity index (χ2v) is 5.74. The summed E-state index contributed by atoms with van der Waals surface area (Å²) in [6, 6.07) is 3.04. The molecule has 0 fully saturated rings. The van der Waals surface area contributed by atoms with Crippen molar-refractivity contribution in [1.29, 1.82) is 0 Å². The van der Waals surface area contributed by atoms with Gasteiger partial charge in [0.25, 0.3) is 18.2 Å². The van der Waals surface area contributed by atoms with E-state index in [-0.39, 0.29) is 17.8 Å². The van der Waals surface area contributed by atoms with Gasteiger partial charge in [0.05, 0.1) is 17.8 Å². The van der Waals surface area contributed by atoms with Crippen molar-refractivity contribution in [3.05, 3.63) is 23.8 Å². The van der Waals surface area contributed by atoms with Crippen LogP contribution < -0.4 is 9.64 Å². The van der Waals surface area contributed by atoms with Crippen LogP contribution in [0.25, 0.3) is 0 Å². The van der Waals surface area contributed by atoms with Gasteiger partial charge in [0.15, 0.2) is 12.6 Å². The molecule has 2 rings (SSSR count). The van der Waals surface area contributed by atoms with Gasteiger partial charge in [0.1, 0.15) is 5.75 Å². The Hall–Kier alpha value is -2.25. The molecule has 0 saturated heterocycles. The fourth-order valence-electron chi connectivity index (χ4n) is 2.59. The van der Waals surface area contributed by atoms with Gasteiger partial charge >= 0.3 is 6.36 Å². The molecule has 0 saturated carbocycles. The van der Waals surface area contributed by atoms with Gasteiger partial charge in [-0.15, -0.1) is 13.2 Å². The van der Waals surface area contributed by atoms with Crippen LogP contribution in [0, 0.1) is 0 Å². The predicted octanol–water partition coefficient (Wildman–Crippen LogP) is 2.04. The van der Waals surface area contributed by atoms with Crippen LogP contribution in [-0.4, -0.2) is 65.0 Å². The van der Waals surface area contributed by atoms with Gasteiger partial charge in [-0.3, -0.25) is 14.5 Å². The molecular weight excluding hydrogens is 403 g/mol. The van der Waals surface area contributed by atoms with Crippen LogP contribution in [0.5, 0.6) is 5.75 Å². The number of Topliss-reactive ketones (excluding diaryl/α,β-unsaturated/α-hetero) is 1. The molecule has 1 aliphatic heterocycles. The van der Waals surface area contributed by atoms with Crippen LogP contribution in [0.4, 0.5) is 18.9 Å². The van der Waals surface area contributed by atoms with E-state index >= 15 is 0 Å². The number of halogens is 3. The Morgan fingerprint density at radius 1 is 1.03 bits per heavy atom. The van der Waals surface area contributed by atoms with Crippen LogP contribution in [0.15, 0.2) is 18.2 Å². The number of ketones is 1. The number of fused-ring (bicyclic) bond motifs is 1. The molecule has 29 heavy (non-hydrogen) atoms. The van der Waals surface area contributed by atoms with Gasteiger partial charge in [-0.1, -0.05) is 0 Å². The lowest BCUT2D eigenvalue weighted by atomic mass is 10.1. The summed E-state index contributed by atoms with van der Waals surface area (Å²) in [7, 11) is 4.03. The zero-order valence-corrected chi connectivity index (χ0v) is 16.0. The van der Waals surface area contributed by atoms with Crippen LogP contribution in [0.2, 0.25) is 0 Å². The zero-order valence-electron chi connectivity index (χ0n) is 16.0. The molecule has 0 aliphatic carbocycles. The normalized spacial score (nSPS) is 16.3. The molecule has 0 N–H and O–H groups in total. The maximum absolute atomic E-state index is 12.4. The van der Waals surface area contributed by atoms with Crippen LogP contribution in [0.3, 0.4) is 0 Å². The first-order chi connectivity index (χ1) is 13.6. The summed E-state index contributed by atoms with van der Waals surface area (Å²) in [4.78, 5) is 25.5. The molecule has 1 aliphatic rings. The Labute approximate surface area is 164 Å². The minimum atomic E-state index is -4.92. The Balaban J connectivity index is 2.12. The molecule has 12 heteroatoms. The second kappa shape index (κ2) is 9.50. The summed E-state index contributed by atoms with van der Waals surface area (Å²) in [5, 5.41) is 0. The molecule has 0 bridgehead atoms. The SMILES string of the molecule is COC(CN1C(=O)C(=O)c2cc(OC(F)(F)F)ccc21)OC(C)OC(OC)OC. The van der Waals surface area contributed by atoms with E-state index in [1.807, 2.05) is 0 Å². The number of carbonyl (C=O) groups excluding carboxylic acids is 2. The monoisotopic (exact) mass is 423 g/mol. The van der Waals surface area contributed by atoms with Gasteiger partial charge in [-0.05, 0) is 25.1 Å². The van der Waals surface area contributed by atoms with Gasteiger partial charge in [0.2, 0.25) is 0 Å². The van der Waals surface area contributed by atoms with Crippen molar-refractivity contribution in [1.82, 2.24) is 0 Å². The topological polar surface area (TPSA) is 92.8 Å². The molecule has 1 aromatic carbocycles. The van der Waals surface area contributed by atoms with E-state index in [0.717, 1.165) is 17.0 Å². The number of rotatable bonds is 10. The average molecular weight is 423 g/mol. The van der Waals surface area contributed by atoms with Gasteiger partial charge in [-0.25, -0.2) is 0 Å². The second-order valence-electron chi connectivity index (χ2n) is 5.74. The van der Waals surface area contributed by atoms with Crippen molar-refractivity contribution in [2.75, 3.05) is 32.8 Å². The average Bonchev–Trinajstić information content (AvgIpc) is 2.88. The maximum atomic E-state index is 12.4. The highest BCUT2D eigenvalue weighted by molar-refractivity contribution is 6.52. The van der Waals surface area contributed by atoms with Crippen LogP contribution >= 0.6 is 0 Å². The van der Waals surface area contributed by atoms with Crippen molar-refractivity contribution < 1.29 is 51.2 Å². The Kier molecular flexibility index (Phi) is 7.54. The quantitative estimate of drug-likeness (QED) is 0.417. The van der Waals surface area contributed by atoms with E-state index in [2.05, 4.69) is 4.74 Å². The van der Waals surface area contributed by atoms with Gasteiger partial charge in [-0.2, -0.15) is 0 Å². The largest absolute Gasteiger partial charge is 0.573 e. The van der Waals surface area contributed by atoms with E-state index in [0.29, 0.717) is 0 Å². The number of hydrogen-bond donors (Lipinski definition) is 0. The fourth-order valence-corrected chi connectivity index (χ4v) is 2.59. The van der Waals surface area contributed by atoms with Crippen LogP contribution in [-0.2, 0) is 28.5 Å². The predicted molar refractivity (Wildman–Crippen MR) is 90.0 cm³/mol. The minimum absolute atomic E-state index is 0.111. The summed E-state index contributed by atoms with van der Waals surface area (Å²) in [6.07, 6.45) is -6.82. The van der Waals surface area contributed by atoms with E-state index in [1.54, 1.807) is 0 Å². The number of nitrogens with zero attached hydrogens (tertiary/aromatic N) is 1. The third-order valence-corrected chi connectivity index (χ3v) is 3.80. The minimum Gasteiger partial charge on any atom is -0.406 e. The Bertz CT molecular complexity index is 738. The summed E-state index contributed by atoms with van der Waals surface area (Å²) >= 11 is 0. The van der Waals surface area contributed by atoms with Gasteiger partial charge < -0.3 is 28.4 Å². The Morgan fingerprint density at radius 3 is 2.24 bits per heavy atom. The third kappa shape index (κ3) is 5.87. The maximum Gasteiger partial charge on any atom is 0.573 e. The molecule has 0 spiro atoms. The van der Waals surface area contributed by atoms with Crippen molar-refractivity contribution >= 4 is 17.4 Å². The number of methoxy groups -OCH3 is 3. The number of amides is 1. The number of alkyl halides is 3. The molecule has 162 valence electrons. The fraction of sp³-hybridized carbons (Fsp3) is 0.529. The van der Waals surface area contributed by atoms with E-state index in [4.69, 9.17) is 23.7 Å². The molecule has 9 nitrogen and oxygen atoms in total. The lowest BCUT2D eigenvalue weighted by Crippen LogP contribution is -2.40. The lowest BCUT2D eigenvalue weighted by molar-refractivity contribution is -0.341. The van der Waals surface area contributed by atoms with Crippen molar-refractivity contribution in [3.8, 4) is 5.75 Å². The number of carbonyl (C=O) groups is 2. The first kappa shape index (κ1) is 23.0. The molecule has 2 atom stereocenters. The molecule has 1 aromatic rings. The highest BCUT2D eigenvalue weighted by Crippen LogP contribution is 2.34.